The van der Waals surface area contributed by atoms with Crippen molar-refractivity contribution in [2.45, 2.75) is 50.8 Å². The van der Waals surface area contributed by atoms with Gasteiger partial charge in [-0.1, -0.05) is 6.07 Å². The first-order valence-corrected chi connectivity index (χ1v) is 13.0. The Labute approximate surface area is 157 Å². The molecule has 1 aliphatic carbocycles. The molecule has 2 aliphatic rings. The van der Waals surface area contributed by atoms with E-state index in [1.54, 1.807) is 7.11 Å². The lowest BCUT2D eigenvalue weighted by atomic mass is 9.74. The number of halogens is 1. The minimum absolute atomic E-state index is 0.0926. The minimum Gasteiger partial charge on any atom is -0.481 e. The van der Waals surface area contributed by atoms with Gasteiger partial charge < -0.3 is 10.1 Å². The van der Waals surface area contributed by atoms with Crippen molar-refractivity contribution in [1.82, 2.24) is 15.0 Å². The molecule has 2 heterocycles. The van der Waals surface area contributed by atoms with Crippen molar-refractivity contribution in [2.75, 3.05) is 20.2 Å². The number of thiol groups is 1. The predicted octanol–water partition coefficient (Wildman–Crippen LogP) is 2.73. The maximum atomic E-state index is 13.4. The number of fused-ring (bicyclic) bond motifs is 1. The lowest BCUT2D eigenvalue weighted by Crippen LogP contribution is -2.49. The van der Waals surface area contributed by atoms with Gasteiger partial charge in [0.2, 0.25) is 5.88 Å². The van der Waals surface area contributed by atoms with Gasteiger partial charge in [-0.25, -0.2) is 9.71 Å². The summed E-state index contributed by atoms with van der Waals surface area (Å²) in [6.45, 7) is 8.15. The molecule has 1 aromatic rings. The van der Waals surface area contributed by atoms with Gasteiger partial charge in [-0.05, 0) is 71.4 Å². The number of hydrogen-bond donors (Lipinski definition) is 3. The molecule has 1 fully saturated rings. The number of methoxy groups -OCH3 is 1. The molecule has 3 rings (SSSR count). The summed E-state index contributed by atoms with van der Waals surface area (Å²) in [7, 11) is -0.901. The molecule has 1 aliphatic heterocycles. The normalized spacial score (nSPS) is 24.0. The van der Waals surface area contributed by atoms with Gasteiger partial charge >= 0.3 is 0 Å². The van der Waals surface area contributed by atoms with Gasteiger partial charge in [-0.3, -0.25) is 4.21 Å². The van der Waals surface area contributed by atoms with E-state index >= 15 is 0 Å². The molecule has 1 aromatic heterocycles. The number of nitrogens with zero attached hydrogens (tertiary/aromatic N) is 1. The van der Waals surface area contributed by atoms with Crippen molar-refractivity contribution in [3.05, 3.63) is 23.4 Å². The SMILES string of the molecule is COc1ccc2c(n1)CC1(CCNCC1)[C@@H]2N[SH](=O)(I)C(C)(C)C. The Balaban J connectivity index is 2.01. The highest BCUT2D eigenvalue weighted by Gasteiger charge is 2.49. The smallest absolute Gasteiger partial charge is 0.213 e. The second-order valence-corrected chi connectivity index (χ2v) is 14.7. The van der Waals surface area contributed by atoms with Crippen LogP contribution in [0.5, 0.6) is 5.88 Å². The average molecular weight is 465 g/mol. The van der Waals surface area contributed by atoms with E-state index in [9.17, 15) is 4.21 Å². The first kappa shape index (κ1) is 18.5. The molecule has 0 aromatic carbocycles. The zero-order valence-electron chi connectivity index (χ0n) is 14.9. The van der Waals surface area contributed by atoms with Gasteiger partial charge in [0.05, 0.1) is 13.2 Å². The summed E-state index contributed by atoms with van der Waals surface area (Å²) in [5, 5.41) is 3.46. The van der Waals surface area contributed by atoms with E-state index in [0.717, 1.165) is 38.0 Å². The van der Waals surface area contributed by atoms with E-state index in [4.69, 9.17) is 4.74 Å². The number of ether oxygens (including phenoxy) is 1. The molecular weight excluding hydrogens is 437 g/mol. The molecule has 7 heteroatoms. The van der Waals surface area contributed by atoms with Gasteiger partial charge in [-0.2, -0.15) is 0 Å². The van der Waals surface area contributed by atoms with Crippen LogP contribution in [0.15, 0.2) is 12.1 Å². The summed E-state index contributed by atoms with van der Waals surface area (Å²) in [5.74, 6) is 0.659. The van der Waals surface area contributed by atoms with Crippen LogP contribution >= 0.6 is 21.2 Å². The number of rotatable bonds is 3. The van der Waals surface area contributed by atoms with Crippen LogP contribution in [-0.4, -0.2) is 34.1 Å². The Morgan fingerprint density at radius 1 is 1.38 bits per heavy atom. The van der Waals surface area contributed by atoms with Crippen LogP contribution in [0.2, 0.25) is 0 Å². The summed E-state index contributed by atoms with van der Waals surface area (Å²) < 4.78 is 22.0. The van der Waals surface area contributed by atoms with Crippen LogP contribution in [-0.2, 0) is 13.7 Å². The van der Waals surface area contributed by atoms with Crippen molar-refractivity contribution in [3.8, 4) is 5.88 Å². The van der Waals surface area contributed by atoms with Crippen molar-refractivity contribution >= 4 is 28.5 Å². The monoisotopic (exact) mass is 465 g/mol. The van der Waals surface area contributed by atoms with Crippen LogP contribution in [0, 0.1) is 5.41 Å². The highest BCUT2D eigenvalue weighted by Crippen LogP contribution is 2.52. The zero-order valence-corrected chi connectivity index (χ0v) is 17.9. The summed E-state index contributed by atoms with van der Waals surface area (Å²) in [6.07, 6.45) is 3.08. The van der Waals surface area contributed by atoms with Crippen molar-refractivity contribution in [3.63, 3.8) is 0 Å². The first-order chi connectivity index (χ1) is 11.2. The van der Waals surface area contributed by atoms with Crippen molar-refractivity contribution in [1.29, 1.82) is 0 Å². The molecule has 0 bridgehead atoms. The van der Waals surface area contributed by atoms with Crippen LogP contribution in [0.4, 0.5) is 0 Å². The zero-order chi connectivity index (χ0) is 17.6. The quantitative estimate of drug-likeness (QED) is 0.365. The van der Waals surface area contributed by atoms with Crippen molar-refractivity contribution < 1.29 is 8.95 Å². The molecule has 136 valence electrons. The minimum atomic E-state index is -2.55. The second-order valence-electron chi connectivity index (χ2n) is 7.94. The molecular formula is C17H28IN3O2S. The molecule has 1 spiro atoms. The van der Waals surface area contributed by atoms with Gasteiger partial charge in [-0.15, -0.1) is 0 Å². The summed E-state index contributed by atoms with van der Waals surface area (Å²) >= 11 is 2.15. The molecule has 0 unspecified atom stereocenters. The van der Waals surface area contributed by atoms with Gasteiger partial charge in [0.25, 0.3) is 0 Å². The van der Waals surface area contributed by atoms with Gasteiger partial charge in [0.15, 0.2) is 0 Å². The van der Waals surface area contributed by atoms with Crippen LogP contribution in [0.3, 0.4) is 0 Å². The third-order valence-electron chi connectivity index (χ3n) is 5.39. The van der Waals surface area contributed by atoms with Gasteiger partial charge in [0, 0.05) is 37.7 Å². The lowest BCUT2D eigenvalue weighted by molar-refractivity contribution is 0.164. The van der Waals surface area contributed by atoms with E-state index < -0.39 is 7.29 Å². The fourth-order valence-electron chi connectivity index (χ4n) is 3.73. The molecule has 5 nitrogen and oxygen atoms in total. The highest BCUT2D eigenvalue weighted by molar-refractivity contribution is 14.2. The Kier molecular flexibility index (Phi) is 5.01. The Morgan fingerprint density at radius 2 is 2.04 bits per heavy atom. The summed E-state index contributed by atoms with van der Waals surface area (Å²) in [5.41, 5.74) is 2.39. The van der Waals surface area contributed by atoms with Crippen LogP contribution in [0.1, 0.15) is 50.9 Å². The van der Waals surface area contributed by atoms with Gasteiger partial charge in [0.1, 0.15) is 0 Å². The molecule has 0 saturated carbocycles. The average Bonchev–Trinajstić information content (AvgIpc) is 2.79. The maximum absolute atomic E-state index is 13.4. The van der Waals surface area contributed by atoms with E-state index in [-0.39, 0.29) is 16.2 Å². The number of pyridine rings is 1. The van der Waals surface area contributed by atoms with E-state index in [1.165, 1.54) is 5.56 Å². The van der Waals surface area contributed by atoms with E-state index in [0.29, 0.717) is 5.88 Å². The lowest BCUT2D eigenvalue weighted by Gasteiger charge is -2.44. The second kappa shape index (κ2) is 6.48. The summed E-state index contributed by atoms with van der Waals surface area (Å²) in [4.78, 5) is 4.69. The van der Waals surface area contributed by atoms with Crippen molar-refractivity contribution in [2.24, 2.45) is 5.41 Å². The third kappa shape index (κ3) is 3.24. The highest BCUT2D eigenvalue weighted by atomic mass is 127. The van der Waals surface area contributed by atoms with E-state index in [2.05, 4.69) is 42.3 Å². The summed E-state index contributed by atoms with van der Waals surface area (Å²) in [6, 6.07) is 4.12. The molecule has 1 atom stereocenters. The molecule has 24 heavy (non-hydrogen) atoms. The molecule has 0 amide bonds. The number of aromatic nitrogens is 1. The van der Waals surface area contributed by atoms with Crippen LogP contribution in [0.25, 0.3) is 0 Å². The third-order valence-corrected chi connectivity index (χ3v) is 12.9. The fourth-order valence-corrected chi connectivity index (χ4v) is 5.70. The molecule has 0 radical (unpaired) electrons. The standard InChI is InChI=1S/C17H28IN3O2S/c1-16(2,3)24(18,22)21-15-12-5-6-14(23-4)20-13(12)11-17(15)7-9-19-10-8-17/h5-6,15,19,24H,7-11H2,1-4H3,(H,21,22)/t15-/m1/s1. The number of hydrogen-bond acceptors (Lipinski definition) is 4. The predicted molar refractivity (Wildman–Crippen MR) is 108 cm³/mol. The van der Waals surface area contributed by atoms with Crippen LogP contribution < -0.4 is 14.8 Å². The Hall–Kier alpha value is -0.250. The molecule has 2 N–H and O–H groups in total. The maximum Gasteiger partial charge on any atom is 0.213 e. The largest absolute Gasteiger partial charge is 0.481 e. The first-order valence-electron chi connectivity index (χ1n) is 8.51. The number of nitrogens with one attached hydrogen (secondary N) is 2. The van der Waals surface area contributed by atoms with E-state index in [1.807, 2.05) is 26.8 Å². The Morgan fingerprint density at radius 3 is 2.62 bits per heavy atom. The topological polar surface area (TPSA) is 63.2 Å². The Bertz CT molecular complexity index is 668. The molecule has 1 saturated heterocycles. The number of piperidine rings is 1. The fraction of sp³-hybridized carbons (Fsp3) is 0.706.